The maximum atomic E-state index is 14.9. The second-order valence-electron chi connectivity index (χ2n) is 18.1. The van der Waals surface area contributed by atoms with Gasteiger partial charge in [-0.25, -0.2) is 0 Å². The third-order valence-electron chi connectivity index (χ3n) is 13.5. The van der Waals surface area contributed by atoms with E-state index in [1.807, 2.05) is 27.7 Å². The van der Waals surface area contributed by atoms with Gasteiger partial charge in [-0.2, -0.15) is 0 Å². The molecule has 5 aliphatic rings. The summed E-state index contributed by atoms with van der Waals surface area (Å²) in [6, 6.07) is -3.92. The molecule has 12 nitrogen and oxygen atoms in total. The van der Waals surface area contributed by atoms with E-state index >= 15 is 0 Å². The average Bonchev–Trinajstić information content (AvgIpc) is 3.89. The van der Waals surface area contributed by atoms with E-state index in [-0.39, 0.29) is 40.0 Å². The minimum Gasteiger partial charge on any atom is -0.347 e. The quantitative estimate of drug-likeness (QED) is 0.158. The molecule has 2 saturated heterocycles. The van der Waals surface area contributed by atoms with E-state index in [4.69, 9.17) is 0 Å². The predicted octanol–water partition coefficient (Wildman–Crippen LogP) is 3.24. The summed E-state index contributed by atoms with van der Waals surface area (Å²) in [6.45, 7) is 22.5. The first-order valence-corrected chi connectivity index (χ1v) is 19.8. The van der Waals surface area contributed by atoms with E-state index in [0.717, 1.165) is 58.0 Å². The normalized spacial score (nSPS) is 27.9. The van der Waals surface area contributed by atoms with Crippen LogP contribution in [0.4, 0.5) is 0 Å². The fraction of sp³-hybridized carbons (Fsp3) is 0.800. The summed E-state index contributed by atoms with van der Waals surface area (Å²) < 4.78 is 0. The largest absolute Gasteiger partial charge is 0.347 e. The number of hydrogen-bond acceptors (Lipinski definition) is 7. The van der Waals surface area contributed by atoms with Crippen molar-refractivity contribution in [3.63, 3.8) is 0 Å². The van der Waals surface area contributed by atoms with Crippen LogP contribution in [0.2, 0.25) is 0 Å². The molecule has 52 heavy (non-hydrogen) atoms. The monoisotopic (exact) mass is 724 g/mol. The van der Waals surface area contributed by atoms with Crippen LogP contribution in [0.1, 0.15) is 120 Å². The van der Waals surface area contributed by atoms with Crippen LogP contribution in [0.5, 0.6) is 0 Å². The summed E-state index contributed by atoms with van der Waals surface area (Å²) in [7, 11) is 0. The van der Waals surface area contributed by atoms with Gasteiger partial charge in [-0.05, 0) is 93.2 Å². The summed E-state index contributed by atoms with van der Waals surface area (Å²) in [6.07, 6.45) is 7.82. The summed E-state index contributed by atoms with van der Waals surface area (Å²) in [5.41, 5.74) is -0.658. The Kier molecular flexibility index (Phi) is 11.4. The minimum absolute atomic E-state index is 0.00835. The van der Waals surface area contributed by atoms with Crippen LogP contribution in [0.3, 0.4) is 0 Å². The molecule has 5 fully saturated rings. The molecule has 5 amide bonds. The molecule has 0 bridgehead atoms. The molecule has 0 aromatic rings. The summed E-state index contributed by atoms with van der Waals surface area (Å²) in [5.74, 6) is -3.16. The number of nitrogens with zero attached hydrogens (tertiary/aromatic N) is 2. The lowest BCUT2D eigenvalue weighted by Crippen LogP contribution is -2.61. The van der Waals surface area contributed by atoms with Crippen molar-refractivity contribution in [2.24, 2.45) is 27.6 Å². The van der Waals surface area contributed by atoms with Gasteiger partial charge in [-0.15, -0.1) is 0 Å². The number of ketones is 1. The number of rotatable bonds is 14. The molecule has 6 atom stereocenters. The Bertz CT molecular complexity index is 1460. The first kappa shape index (κ1) is 39.9. The molecule has 5 rings (SSSR count). The van der Waals surface area contributed by atoms with E-state index < -0.39 is 53.1 Å². The molecule has 2 heterocycles. The molecule has 2 aliphatic heterocycles. The first-order chi connectivity index (χ1) is 24.3. The number of Topliss-reactive ketones (excluding diaryl/α,β-unsaturated/α-hetero) is 1. The predicted molar refractivity (Wildman–Crippen MR) is 199 cm³/mol. The minimum atomic E-state index is -1.03. The van der Waals surface area contributed by atoms with E-state index in [0.29, 0.717) is 37.9 Å². The lowest BCUT2D eigenvalue weighted by Gasteiger charge is -2.37. The maximum absolute atomic E-state index is 14.9. The van der Waals surface area contributed by atoms with Gasteiger partial charge in [0.05, 0.1) is 12.0 Å². The summed E-state index contributed by atoms with van der Waals surface area (Å²) in [5, 5.41) is 11.5. The van der Waals surface area contributed by atoms with Gasteiger partial charge < -0.3 is 31.1 Å². The lowest BCUT2D eigenvalue weighted by molar-refractivity contribution is -0.145. The molecule has 3 saturated carbocycles. The molecular formula is C40H64N6O6. The fourth-order valence-electron chi connectivity index (χ4n) is 9.80. The van der Waals surface area contributed by atoms with Crippen LogP contribution in [-0.2, 0) is 28.8 Å². The number of fused-ring (bicyclic) bond motifs is 1. The number of amides is 5. The number of carbonyl (C=O) groups is 6. The van der Waals surface area contributed by atoms with E-state index in [9.17, 15) is 28.8 Å². The third kappa shape index (κ3) is 7.29. The van der Waals surface area contributed by atoms with Crippen LogP contribution >= 0.6 is 0 Å². The maximum Gasteiger partial charge on any atom is 0.289 e. The zero-order valence-corrected chi connectivity index (χ0v) is 32.9. The number of hydrogen-bond donors (Lipinski definition) is 4. The molecule has 12 heteroatoms. The molecule has 0 aromatic heterocycles. The molecule has 0 aromatic carbocycles. The van der Waals surface area contributed by atoms with Gasteiger partial charge in [-0.1, -0.05) is 67.9 Å². The zero-order chi connectivity index (χ0) is 38.4. The van der Waals surface area contributed by atoms with Crippen molar-refractivity contribution in [3.05, 3.63) is 12.2 Å². The van der Waals surface area contributed by atoms with E-state index in [2.05, 4.69) is 53.5 Å². The van der Waals surface area contributed by atoms with Gasteiger partial charge in [0.1, 0.15) is 18.1 Å². The molecule has 3 aliphatic carbocycles. The molecular weight excluding hydrogens is 660 g/mol. The second-order valence-corrected chi connectivity index (χ2v) is 18.1. The second kappa shape index (κ2) is 14.9. The lowest BCUT2D eigenvalue weighted by atomic mass is 9.73. The van der Waals surface area contributed by atoms with Crippen molar-refractivity contribution in [2.75, 3.05) is 26.2 Å². The van der Waals surface area contributed by atoms with E-state index in [1.165, 1.54) is 0 Å². The van der Waals surface area contributed by atoms with E-state index in [1.54, 1.807) is 11.8 Å². The van der Waals surface area contributed by atoms with Crippen molar-refractivity contribution in [1.29, 1.82) is 0 Å². The highest BCUT2D eigenvalue weighted by atomic mass is 16.2. The Morgan fingerprint density at radius 2 is 1.58 bits per heavy atom. The zero-order valence-electron chi connectivity index (χ0n) is 32.9. The van der Waals surface area contributed by atoms with Crippen LogP contribution in [0.25, 0.3) is 0 Å². The standard InChI is InChI=1S/C40H64N6O6/c1-10-14-27(30(47)35(51)41-26-16-17-26)42-33(49)28-21-40(38(8,9)39(40)18-13-19-39)23-46(28)36(52)31(37(5,6)7)44-34(50)29(24(3)4)43-32(48)25-15-12-20-45(11-2)22-25/h25-29,31H,3,10-23H2,1-2,4-9H3,(H,41,51)(H,42,49)(H,43,48)(H,44,50)/t25-,27+,28+,29+,31-,40-/m1/s1. The van der Waals surface area contributed by atoms with Crippen LogP contribution in [0.15, 0.2) is 12.2 Å². The summed E-state index contributed by atoms with van der Waals surface area (Å²) >= 11 is 0. The smallest absolute Gasteiger partial charge is 0.289 e. The van der Waals surface area contributed by atoms with Gasteiger partial charge in [0.2, 0.25) is 29.4 Å². The highest BCUT2D eigenvalue weighted by molar-refractivity contribution is 6.38. The van der Waals surface area contributed by atoms with Crippen molar-refractivity contribution >= 4 is 35.3 Å². The Morgan fingerprint density at radius 3 is 2.10 bits per heavy atom. The molecule has 0 radical (unpaired) electrons. The molecule has 290 valence electrons. The Balaban J connectivity index is 1.38. The number of piperidine rings is 1. The van der Waals surface area contributed by atoms with Gasteiger partial charge in [0, 0.05) is 24.5 Å². The topological polar surface area (TPSA) is 157 Å². The van der Waals surface area contributed by atoms with Gasteiger partial charge in [0.25, 0.3) is 5.91 Å². The third-order valence-corrected chi connectivity index (χ3v) is 13.5. The van der Waals surface area contributed by atoms with Crippen LogP contribution < -0.4 is 21.3 Å². The fourth-order valence-corrected chi connectivity index (χ4v) is 9.80. The Labute approximate surface area is 310 Å². The number of likely N-dealkylation sites (tertiary alicyclic amines) is 2. The van der Waals surface area contributed by atoms with Crippen molar-refractivity contribution < 1.29 is 28.8 Å². The van der Waals surface area contributed by atoms with Crippen LogP contribution in [0, 0.1) is 27.6 Å². The Morgan fingerprint density at radius 1 is 0.904 bits per heavy atom. The molecule has 4 N–H and O–H groups in total. The van der Waals surface area contributed by atoms with Gasteiger partial charge in [0.15, 0.2) is 0 Å². The van der Waals surface area contributed by atoms with Crippen molar-refractivity contribution in [3.8, 4) is 0 Å². The van der Waals surface area contributed by atoms with Gasteiger partial charge >= 0.3 is 0 Å². The first-order valence-electron chi connectivity index (χ1n) is 19.8. The number of carbonyl (C=O) groups excluding carboxylic acids is 6. The SMILES string of the molecule is C=C(C)[C@H](NC(=O)[C@@H]1CCCN(CC)C1)C(=O)N[C@H](C(=O)N1C[C@]2(C[C@H]1C(=O)N[C@@H](CCC)C(=O)C(=O)NC1CC1)C(C)(C)C21CCC1)C(C)(C)C. The Hall–Kier alpha value is -3.28. The van der Waals surface area contributed by atoms with Gasteiger partial charge in [-0.3, -0.25) is 28.8 Å². The highest BCUT2D eigenvalue weighted by Gasteiger charge is 2.85. The highest BCUT2D eigenvalue weighted by Crippen LogP contribution is 2.88. The summed E-state index contributed by atoms with van der Waals surface area (Å²) in [4.78, 5) is 86.5. The van der Waals surface area contributed by atoms with Crippen molar-refractivity contribution in [1.82, 2.24) is 31.1 Å². The number of nitrogens with one attached hydrogen (secondary N) is 4. The van der Waals surface area contributed by atoms with Crippen LogP contribution in [-0.4, -0.2) is 102 Å². The van der Waals surface area contributed by atoms with Crippen molar-refractivity contribution in [2.45, 2.75) is 150 Å². The average molecular weight is 725 g/mol. The molecule has 0 unspecified atom stereocenters. The molecule has 2 spiro atoms.